The number of benzene rings is 1. The molecule has 2 bridgehead atoms. The first-order valence-corrected chi connectivity index (χ1v) is 7.77. The number of hydrogen-bond donors (Lipinski definition) is 2. The number of rotatable bonds is 4. The fourth-order valence-electron chi connectivity index (χ4n) is 4.17. The highest BCUT2D eigenvalue weighted by Crippen LogP contribution is 2.51. The molecule has 0 aliphatic heterocycles. The van der Waals surface area contributed by atoms with Crippen LogP contribution in [0, 0.1) is 24.7 Å². The van der Waals surface area contributed by atoms with Gasteiger partial charge in [-0.2, -0.15) is 0 Å². The summed E-state index contributed by atoms with van der Waals surface area (Å²) < 4.78 is 0. The van der Waals surface area contributed by atoms with Crippen molar-refractivity contribution in [2.75, 3.05) is 0 Å². The lowest BCUT2D eigenvalue weighted by Gasteiger charge is -2.27. The molecule has 0 radical (unpaired) electrons. The number of hydrazine groups is 1. The molecule has 1 aromatic carbocycles. The van der Waals surface area contributed by atoms with Gasteiger partial charge >= 0.3 is 0 Å². The van der Waals surface area contributed by atoms with Crippen molar-refractivity contribution in [3.8, 4) is 0 Å². The van der Waals surface area contributed by atoms with Crippen molar-refractivity contribution in [3.63, 3.8) is 0 Å². The number of hydrogen-bond acceptors (Lipinski definition) is 2. The predicted molar refractivity (Wildman–Crippen MR) is 79.8 cm³/mol. The number of fused-ring (bicyclic) bond motifs is 2. The Morgan fingerprint density at radius 1 is 1.37 bits per heavy atom. The van der Waals surface area contributed by atoms with Crippen LogP contribution < -0.4 is 11.3 Å². The van der Waals surface area contributed by atoms with Crippen LogP contribution in [-0.4, -0.2) is 0 Å². The topological polar surface area (TPSA) is 38.0 Å². The fraction of sp³-hybridized carbons (Fsp3) is 0.625. The Bertz CT molecular complexity index is 460. The second kappa shape index (κ2) is 5.43. The average molecular weight is 279 g/mol. The molecule has 0 amide bonds. The van der Waals surface area contributed by atoms with Crippen LogP contribution in [0.3, 0.4) is 0 Å². The molecule has 0 heterocycles. The largest absolute Gasteiger partial charge is 0.271 e. The molecule has 2 saturated carbocycles. The Morgan fingerprint density at radius 2 is 2.21 bits per heavy atom. The number of halogens is 1. The van der Waals surface area contributed by atoms with Gasteiger partial charge in [-0.15, -0.1) is 0 Å². The van der Waals surface area contributed by atoms with E-state index in [1.165, 1.54) is 31.2 Å². The first-order chi connectivity index (χ1) is 9.17. The number of nitrogens with one attached hydrogen (secondary N) is 1. The number of nitrogens with two attached hydrogens (primary N) is 1. The third-order valence-electron chi connectivity index (χ3n) is 5.16. The summed E-state index contributed by atoms with van der Waals surface area (Å²) >= 11 is 6.37. The molecule has 104 valence electrons. The first kappa shape index (κ1) is 13.4. The maximum atomic E-state index is 6.37. The maximum absolute atomic E-state index is 6.37. The summed E-state index contributed by atoms with van der Waals surface area (Å²) in [7, 11) is 0. The molecule has 2 aliphatic carbocycles. The molecule has 3 rings (SSSR count). The lowest BCUT2D eigenvalue weighted by molar-refractivity contribution is 0.280. The second-order valence-electron chi connectivity index (χ2n) is 6.41. The summed E-state index contributed by atoms with van der Waals surface area (Å²) in [5.74, 6) is 8.53. The van der Waals surface area contributed by atoms with E-state index in [0.29, 0.717) is 0 Å². The molecule has 0 spiro atoms. The smallest absolute Gasteiger partial charge is 0.0477 e. The Hall–Kier alpha value is -0.570. The molecule has 0 saturated heterocycles. The second-order valence-corrected chi connectivity index (χ2v) is 6.82. The highest BCUT2D eigenvalue weighted by Gasteiger charge is 2.40. The molecule has 3 heteroatoms. The molecule has 1 aromatic rings. The molecule has 2 fully saturated rings. The van der Waals surface area contributed by atoms with Gasteiger partial charge in [0.15, 0.2) is 0 Å². The van der Waals surface area contributed by atoms with Crippen molar-refractivity contribution in [1.29, 1.82) is 0 Å². The summed E-state index contributed by atoms with van der Waals surface area (Å²) in [4.78, 5) is 0. The molecule has 2 aliphatic rings. The van der Waals surface area contributed by atoms with Crippen LogP contribution in [0.2, 0.25) is 5.02 Å². The van der Waals surface area contributed by atoms with E-state index in [2.05, 4.69) is 24.5 Å². The van der Waals surface area contributed by atoms with Gasteiger partial charge in [0, 0.05) is 11.1 Å². The van der Waals surface area contributed by atoms with Gasteiger partial charge < -0.3 is 0 Å². The van der Waals surface area contributed by atoms with Crippen molar-refractivity contribution in [1.82, 2.24) is 5.43 Å². The van der Waals surface area contributed by atoms with Crippen LogP contribution in [-0.2, 0) is 0 Å². The minimum Gasteiger partial charge on any atom is -0.271 e. The SMILES string of the molecule is Cc1ccc(C(CC2CC3CCC2C3)NN)c(Cl)c1. The van der Waals surface area contributed by atoms with Gasteiger partial charge in [0.25, 0.3) is 0 Å². The Kier molecular flexibility index (Phi) is 3.84. The Morgan fingerprint density at radius 3 is 2.79 bits per heavy atom. The van der Waals surface area contributed by atoms with Crippen LogP contribution >= 0.6 is 11.6 Å². The van der Waals surface area contributed by atoms with Gasteiger partial charge in [-0.1, -0.05) is 30.2 Å². The number of aryl methyl sites for hydroxylation is 1. The minimum atomic E-state index is 0.192. The Balaban J connectivity index is 1.73. The molecule has 2 nitrogen and oxygen atoms in total. The molecule has 3 N–H and O–H groups in total. The Labute approximate surface area is 120 Å². The average Bonchev–Trinajstić information content (AvgIpc) is 2.99. The van der Waals surface area contributed by atoms with E-state index in [-0.39, 0.29) is 6.04 Å². The third kappa shape index (κ3) is 2.67. The summed E-state index contributed by atoms with van der Waals surface area (Å²) in [6.45, 7) is 2.07. The molecule has 0 aromatic heterocycles. The minimum absolute atomic E-state index is 0.192. The zero-order valence-electron chi connectivity index (χ0n) is 11.5. The summed E-state index contributed by atoms with van der Waals surface area (Å²) in [6, 6.07) is 6.46. The van der Waals surface area contributed by atoms with Gasteiger partial charge in [-0.3, -0.25) is 11.3 Å². The van der Waals surface area contributed by atoms with Crippen molar-refractivity contribution in [2.45, 2.75) is 45.1 Å². The highest BCUT2D eigenvalue weighted by atomic mass is 35.5. The predicted octanol–water partition coefficient (Wildman–Crippen LogP) is 3.98. The zero-order valence-corrected chi connectivity index (χ0v) is 12.3. The molecule has 4 unspecified atom stereocenters. The quantitative estimate of drug-likeness (QED) is 0.646. The normalized spacial score (nSPS) is 30.8. The lowest BCUT2D eigenvalue weighted by Crippen LogP contribution is -2.31. The van der Waals surface area contributed by atoms with Gasteiger partial charge in [0.05, 0.1) is 0 Å². The van der Waals surface area contributed by atoms with Gasteiger partial charge in [0.1, 0.15) is 0 Å². The van der Waals surface area contributed by atoms with E-state index >= 15 is 0 Å². The van der Waals surface area contributed by atoms with E-state index in [1.807, 2.05) is 6.07 Å². The summed E-state index contributed by atoms with van der Waals surface area (Å²) in [6.07, 6.45) is 6.85. The molecular weight excluding hydrogens is 256 g/mol. The van der Waals surface area contributed by atoms with Crippen molar-refractivity contribution < 1.29 is 0 Å². The zero-order chi connectivity index (χ0) is 13.4. The summed E-state index contributed by atoms with van der Waals surface area (Å²) in [5.41, 5.74) is 5.33. The maximum Gasteiger partial charge on any atom is 0.0477 e. The standard InChI is InChI=1S/C16H23ClN2/c1-10-2-5-14(15(17)6-10)16(19-18)9-13-8-11-3-4-12(13)7-11/h2,5-6,11-13,16,19H,3-4,7-9,18H2,1H3. The van der Waals surface area contributed by atoms with Gasteiger partial charge in [0.2, 0.25) is 0 Å². The molecular formula is C16H23ClN2. The fourth-order valence-corrected chi connectivity index (χ4v) is 4.53. The first-order valence-electron chi connectivity index (χ1n) is 7.39. The van der Waals surface area contributed by atoms with Crippen LogP contribution in [0.1, 0.15) is 49.3 Å². The van der Waals surface area contributed by atoms with Crippen molar-refractivity contribution >= 4 is 11.6 Å². The van der Waals surface area contributed by atoms with E-state index in [4.69, 9.17) is 17.4 Å². The van der Waals surface area contributed by atoms with E-state index < -0.39 is 0 Å². The van der Waals surface area contributed by atoms with Crippen LogP contribution in [0.25, 0.3) is 0 Å². The highest BCUT2D eigenvalue weighted by molar-refractivity contribution is 6.31. The van der Waals surface area contributed by atoms with Crippen LogP contribution in [0.5, 0.6) is 0 Å². The monoisotopic (exact) mass is 278 g/mol. The van der Waals surface area contributed by atoms with Gasteiger partial charge in [-0.05, 0) is 67.6 Å². The van der Waals surface area contributed by atoms with E-state index in [1.54, 1.807) is 0 Å². The summed E-state index contributed by atoms with van der Waals surface area (Å²) in [5, 5.41) is 0.839. The van der Waals surface area contributed by atoms with E-state index in [0.717, 1.165) is 34.8 Å². The van der Waals surface area contributed by atoms with Gasteiger partial charge in [-0.25, -0.2) is 0 Å². The van der Waals surface area contributed by atoms with Crippen LogP contribution in [0.4, 0.5) is 0 Å². The van der Waals surface area contributed by atoms with Crippen molar-refractivity contribution in [3.05, 3.63) is 34.3 Å². The molecule has 4 atom stereocenters. The van der Waals surface area contributed by atoms with Crippen LogP contribution in [0.15, 0.2) is 18.2 Å². The lowest BCUT2D eigenvalue weighted by atomic mass is 9.83. The van der Waals surface area contributed by atoms with E-state index in [9.17, 15) is 0 Å². The molecule has 19 heavy (non-hydrogen) atoms. The van der Waals surface area contributed by atoms with Crippen molar-refractivity contribution in [2.24, 2.45) is 23.6 Å². The third-order valence-corrected chi connectivity index (χ3v) is 5.48.